The quantitative estimate of drug-likeness (QED) is 0.779. The lowest BCUT2D eigenvalue weighted by Crippen LogP contribution is -2.13. The van der Waals surface area contributed by atoms with Crippen molar-refractivity contribution in [1.82, 2.24) is 9.38 Å². The van der Waals surface area contributed by atoms with E-state index in [1.807, 2.05) is 19.1 Å². The Hall–Kier alpha value is -2.67. The topological polar surface area (TPSA) is 83.7 Å². The summed E-state index contributed by atoms with van der Waals surface area (Å²) in [6, 6.07) is 7.14. The first-order valence-electron chi connectivity index (χ1n) is 6.13. The van der Waals surface area contributed by atoms with Gasteiger partial charge in [0, 0.05) is 11.9 Å². The van der Waals surface area contributed by atoms with Crippen molar-refractivity contribution >= 4 is 34.5 Å². The number of rotatable bonds is 3. The van der Waals surface area contributed by atoms with Crippen molar-refractivity contribution in [3.05, 3.63) is 52.1 Å². The fraction of sp³-hybridized carbons (Fsp3) is 0.0714. The number of aromatic nitrogens is 2. The minimum atomic E-state index is -1.06. The third-order valence-electron chi connectivity index (χ3n) is 3.04. The number of amides is 1. The first-order chi connectivity index (χ1) is 10.1. The summed E-state index contributed by atoms with van der Waals surface area (Å²) in [6.45, 7) is 1.91. The maximum Gasteiger partial charge on any atom is 0.348 e. The van der Waals surface area contributed by atoms with Crippen LogP contribution >= 0.6 is 11.3 Å². The molecule has 6 nitrogen and oxygen atoms in total. The monoisotopic (exact) mass is 301 g/mol. The molecule has 3 aromatic rings. The van der Waals surface area contributed by atoms with Gasteiger partial charge in [-0.15, -0.1) is 11.3 Å². The van der Waals surface area contributed by atoms with Crippen molar-refractivity contribution in [3.63, 3.8) is 0 Å². The van der Waals surface area contributed by atoms with Gasteiger partial charge in [0.1, 0.15) is 16.2 Å². The minimum Gasteiger partial charge on any atom is -0.477 e. The molecule has 0 saturated heterocycles. The number of carbonyl (C=O) groups excluding carboxylic acids is 1. The number of fused-ring (bicyclic) bond motifs is 1. The number of imidazole rings is 1. The second-order valence-electron chi connectivity index (χ2n) is 4.44. The van der Waals surface area contributed by atoms with Gasteiger partial charge in [0.25, 0.3) is 5.91 Å². The first-order valence-corrected chi connectivity index (χ1v) is 7.01. The molecular weight excluding hydrogens is 290 g/mol. The Kier molecular flexibility index (Phi) is 3.19. The molecule has 0 aromatic carbocycles. The summed E-state index contributed by atoms with van der Waals surface area (Å²) in [6.07, 6.45) is 1.63. The number of aryl methyl sites for hydroxylation is 1. The van der Waals surface area contributed by atoms with Gasteiger partial charge in [-0.1, -0.05) is 6.07 Å². The molecule has 0 aliphatic carbocycles. The highest BCUT2D eigenvalue weighted by atomic mass is 32.1. The highest BCUT2D eigenvalue weighted by Gasteiger charge is 2.17. The molecule has 0 spiro atoms. The lowest BCUT2D eigenvalue weighted by molar-refractivity contribution is 0.0703. The Bertz CT molecular complexity index is 850. The van der Waals surface area contributed by atoms with E-state index in [9.17, 15) is 9.59 Å². The van der Waals surface area contributed by atoms with Crippen LogP contribution in [0.1, 0.15) is 25.9 Å². The predicted octanol–water partition coefficient (Wildman–Crippen LogP) is 2.65. The maximum absolute atomic E-state index is 12.2. The van der Waals surface area contributed by atoms with E-state index in [1.165, 1.54) is 0 Å². The zero-order valence-electron chi connectivity index (χ0n) is 11.0. The number of nitrogens with one attached hydrogen (secondary N) is 1. The average molecular weight is 301 g/mol. The van der Waals surface area contributed by atoms with Crippen LogP contribution in [0.5, 0.6) is 0 Å². The standard InChI is InChI=1S/C14H11N3O3S/c1-8-3-2-4-11-15-10(7-17(8)11)13(18)16-9-5-6-21-12(9)14(19)20/h2-7H,1H3,(H,16,18)(H,19,20). The third kappa shape index (κ3) is 2.38. The summed E-state index contributed by atoms with van der Waals surface area (Å²) >= 11 is 1.06. The second kappa shape index (κ2) is 5.02. The lowest BCUT2D eigenvalue weighted by atomic mass is 10.3. The molecule has 0 bridgehead atoms. The maximum atomic E-state index is 12.2. The van der Waals surface area contributed by atoms with Crippen LogP contribution in [-0.4, -0.2) is 26.4 Å². The molecule has 2 N–H and O–H groups in total. The highest BCUT2D eigenvalue weighted by molar-refractivity contribution is 7.12. The number of thiophene rings is 1. The van der Waals surface area contributed by atoms with Crippen molar-refractivity contribution in [3.8, 4) is 0 Å². The van der Waals surface area contributed by atoms with E-state index in [4.69, 9.17) is 5.11 Å². The average Bonchev–Trinajstić information content (AvgIpc) is 3.05. The summed E-state index contributed by atoms with van der Waals surface area (Å²) in [5.74, 6) is -1.50. The summed E-state index contributed by atoms with van der Waals surface area (Å²) in [4.78, 5) is 27.6. The van der Waals surface area contributed by atoms with Crippen LogP contribution in [0.15, 0.2) is 35.8 Å². The SMILES string of the molecule is Cc1cccc2nc(C(=O)Nc3ccsc3C(=O)O)cn12. The fourth-order valence-corrected chi connectivity index (χ4v) is 2.70. The summed E-state index contributed by atoms with van der Waals surface area (Å²) in [5.41, 5.74) is 2.16. The van der Waals surface area contributed by atoms with E-state index in [1.54, 1.807) is 28.1 Å². The van der Waals surface area contributed by atoms with E-state index in [0.717, 1.165) is 17.0 Å². The van der Waals surface area contributed by atoms with Crippen LogP contribution in [-0.2, 0) is 0 Å². The molecule has 21 heavy (non-hydrogen) atoms. The fourth-order valence-electron chi connectivity index (χ4n) is 2.02. The minimum absolute atomic E-state index is 0.100. The number of hydrogen-bond acceptors (Lipinski definition) is 4. The van der Waals surface area contributed by atoms with Crippen LogP contribution in [0.25, 0.3) is 5.65 Å². The van der Waals surface area contributed by atoms with Crippen LogP contribution < -0.4 is 5.32 Å². The van der Waals surface area contributed by atoms with E-state index in [2.05, 4.69) is 10.3 Å². The van der Waals surface area contributed by atoms with Crippen LogP contribution in [0.4, 0.5) is 5.69 Å². The van der Waals surface area contributed by atoms with Crippen molar-refractivity contribution in [2.45, 2.75) is 6.92 Å². The van der Waals surface area contributed by atoms with E-state index < -0.39 is 11.9 Å². The first kappa shape index (κ1) is 13.3. The van der Waals surface area contributed by atoms with E-state index in [0.29, 0.717) is 5.65 Å². The summed E-state index contributed by atoms with van der Waals surface area (Å²) < 4.78 is 1.81. The Morgan fingerprint density at radius 2 is 2.14 bits per heavy atom. The molecule has 0 aliphatic rings. The van der Waals surface area contributed by atoms with Crippen LogP contribution in [0.3, 0.4) is 0 Å². The van der Waals surface area contributed by atoms with Crippen molar-refractivity contribution in [2.24, 2.45) is 0 Å². The molecule has 0 unspecified atom stereocenters. The van der Waals surface area contributed by atoms with Crippen molar-refractivity contribution < 1.29 is 14.7 Å². The Morgan fingerprint density at radius 3 is 2.86 bits per heavy atom. The number of anilines is 1. The number of nitrogens with zero attached hydrogens (tertiary/aromatic N) is 2. The van der Waals surface area contributed by atoms with Crippen molar-refractivity contribution in [2.75, 3.05) is 5.32 Å². The summed E-state index contributed by atoms with van der Waals surface area (Å²) in [5, 5.41) is 13.2. The Labute approximate surface area is 123 Å². The molecule has 0 atom stereocenters. The highest BCUT2D eigenvalue weighted by Crippen LogP contribution is 2.22. The Balaban J connectivity index is 1.92. The normalized spacial score (nSPS) is 10.7. The van der Waals surface area contributed by atoms with Gasteiger partial charge in [-0.2, -0.15) is 0 Å². The van der Waals surface area contributed by atoms with Gasteiger partial charge >= 0.3 is 5.97 Å². The zero-order valence-corrected chi connectivity index (χ0v) is 11.8. The van der Waals surface area contributed by atoms with E-state index >= 15 is 0 Å². The molecule has 0 fully saturated rings. The number of carboxylic acids is 1. The van der Waals surface area contributed by atoms with Crippen LogP contribution in [0, 0.1) is 6.92 Å². The largest absolute Gasteiger partial charge is 0.477 e. The summed E-state index contributed by atoms with van der Waals surface area (Å²) in [7, 11) is 0. The zero-order chi connectivity index (χ0) is 15.0. The molecule has 0 aliphatic heterocycles. The number of carbonyl (C=O) groups is 2. The molecule has 3 rings (SSSR count). The van der Waals surface area contributed by atoms with Gasteiger partial charge in [0.05, 0.1) is 5.69 Å². The smallest absolute Gasteiger partial charge is 0.348 e. The molecule has 0 saturated carbocycles. The molecular formula is C14H11N3O3S. The van der Waals surface area contributed by atoms with Gasteiger partial charge < -0.3 is 14.8 Å². The van der Waals surface area contributed by atoms with Gasteiger partial charge in [0.2, 0.25) is 0 Å². The van der Waals surface area contributed by atoms with Gasteiger partial charge in [-0.05, 0) is 30.5 Å². The van der Waals surface area contributed by atoms with Gasteiger partial charge in [-0.25, -0.2) is 9.78 Å². The molecule has 0 radical (unpaired) electrons. The number of hydrogen-bond donors (Lipinski definition) is 2. The number of carboxylic acid groups (broad SMARTS) is 1. The molecule has 3 heterocycles. The Morgan fingerprint density at radius 1 is 1.33 bits per heavy atom. The van der Waals surface area contributed by atoms with Crippen LogP contribution in [0.2, 0.25) is 0 Å². The van der Waals surface area contributed by atoms with Gasteiger partial charge in [0.15, 0.2) is 0 Å². The lowest BCUT2D eigenvalue weighted by Gasteiger charge is -2.01. The predicted molar refractivity (Wildman–Crippen MR) is 79.2 cm³/mol. The van der Waals surface area contributed by atoms with E-state index in [-0.39, 0.29) is 16.3 Å². The molecule has 3 aromatic heterocycles. The molecule has 1 amide bonds. The van der Waals surface area contributed by atoms with Crippen molar-refractivity contribution in [1.29, 1.82) is 0 Å². The molecule has 106 valence electrons. The number of aromatic carboxylic acids is 1. The second-order valence-corrected chi connectivity index (χ2v) is 5.36. The third-order valence-corrected chi connectivity index (χ3v) is 3.94. The van der Waals surface area contributed by atoms with Gasteiger partial charge in [-0.3, -0.25) is 4.79 Å². The molecule has 7 heteroatoms. The number of pyridine rings is 1.